The Bertz CT molecular complexity index is 3250. The Morgan fingerprint density at radius 3 is 2.47 bits per heavy atom. The Morgan fingerprint density at radius 1 is 0.791 bits per heavy atom. The lowest BCUT2D eigenvalue weighted by atomic mass is 9.44. The zero-order valence-electron chi connectivity index (χ0n) is 52.2. The van der Waals surface area contributed by atoms with Gasteiger partial charge in [-0.3, -0.25) is 0 Å². The van der Waals surface area contributed by atoms with Crippen LogP contribution in [0.4, 0.5) is 0 Å². The Kier molecular flexibility index (Phi) is 18.5. The molecule has 14 rings (SSSR count). The number of esters is 2. The van der Waals surface area contributed by atoms with Crippen LogP contribution in [0.3, 0.4) is 0 Å². The highest BCUT2D eigenvalue weighted by Crippen LogP contribution is 2.72. The SMILES string of the molecule is CCC(C=C1OC(=O)C2=C3c4cc(O)ccc4-c4cccc(c4)CNCCc4cc(CNCC(C)C)cc(c4)C(NCC(C)O)C4CCC(C5CCNC(NCCCC(C)C)C5)(CC=C5OC(=O)C6=C5CCC5C3CCC12C65)C4)Cc1ccccc1. The summed E-state index contributed by atoms with van der Waals surface area (Å²) >= 11 is 0. The largest absolute Gasteiger partial charge is 0.508 e. The zero-order valence-corrected chi connectivity index (χ0v) is 52.2. The second kappa shape index (κ2) is 26.2. The van der Waals surface area contributed by atoms with Gasteiger partial charge in [0.15, 0.2) is 0 Å². The van der Waals surface area contributed by atoms with Crippen molar-refractivity contribution in [2.24, 2.45) is 58.2 Å². The summed E-state index contributed by atoms with van der Waals surface area (Å²) in [6.07, 6.45) is 18.3. The Balaban J connectivity index is 1.00. The van der Waals surface area contributed by atoms with Crippen LogP contribution >= 0.6 is 0 Å². The first kappa shape index (κ1) is 60.6. The van der Waals surface area contributed by atoms with Gasteiger partial charge in [0.25, 0.3) is 0 Å². The third kappa shape index (κ3) is 12.4. The lowest BCUT2D eigenvalue weighted by Crippen LogP contribution is -2.52. The quantitative estimate of drug-likeness (QED) is 0.0399. The number of aliphatic hydroxyl groups is 1. The van der Waals surface area contributed by atoms with Crippen molar-refractivity contribution in [1.82, 2.24) is 26.6 Å². The van der Waals surface area contributed by atoms with E-state index in [1.54, 1.807) is 6.07 Å². The van der Waals surface area contributed by atoms with Crippen LogP contribution in [0.2, 0.25) is 0 Å². The number of hydrogen-bond donors (Lipinski definition) is 7. The summed E-state index contributed by atoms with van der Waals surface area (Å²) in [5.74, 6) is 2.69. The fourth-order valence-corrected chi connectivity index (χ4v) is 17.5. The van der Waals surface area contributed by atoms with Gasteiger partial charge < -0.3 is 46.3 Å². The monoisotopic (exact) mass is 1160 g/mol. The second-order valence-electron chi connectivity index (χ2n) is 28.2. The molecule has 0 amide bonds. The van der Waals surface area contributed by atoms with Gasteiger partial charge in [0, 0.05) is 42.7 Å². The number of nitrogens with one attached hydrogen (secondary N) is 5. The molecule has 4 aromatic carbocycles. The van der Waals surface area contributed by atoms with E-state index in [4.69, 9.17) is 9.47 Å². The van der Waals surface area contributed by atoms with Crippen LogP contribution in [0.25, 0.3) is 16.7 Å². The van der Waals surface area contributed by atoms with Crippen LogP contribution in [-0.2, 0) is 45.0 Å². The molecule has 0 aromatic heterocycles. The molecule has 1 spiro atoms. The van der Waals surface area contributed by atoms with Crippen LogP contribution in [0.5, 0.6) is 5.75 Å². The summed E-state index contributed by atoms with van der Waals surface area (Å²) in [6.45, 7) is 18.9. The van der Waals surface area contributed by atoms with E-state index in [-0.39, 0.29) is 59.0 Å². The first-order valence-corrected chi connectivity index (χ1v) is 33.4. The summed E-state index contributed by atoms with van der Waals surface area (Å²) in [4.78, 5) is 30.7. The third-order valence-corrected chi connectivity index (χ3v) is 21.5. The number of aromatic hydroxyl groups is 1. The molecule has 5 heterocycles. The molecule has 10 aliphatic rings. The van der Waals surface area contributed by atoms with Gasteiger partial charge in [0.2, 0.25) is 0 Å². The average Bonchev–Trinajstić information content (AvgIpc) is 1.36. The fourth-order valence-electron chi connectivity index (χ4n) is 17.5. The number of piperidine rings is 1. The molecule has 458 valence electrons. The number of rotatable bonds is 17. The number of aliphatic hydroxyl groups excluding tert-OH is 1. The van der Waals surface area contributed by atoms with Gasteiger partial charge in [-0.2, -0.15) is 0 Å². The van der Waals surface area contributed by atoms with Crippen molar-refractivity contribution in [3.8, 4) is 16.9 Å². The van der Waals surface area contributed by atoms with Crippen molar-refractivity contribution in [3.05, 3.63) is 165 Å². The van der Waals surface area contributed by atoms with E-state index >= 15 is 9.59 Å². The van der Waals surface area contributed by atoms with Crippen LogP contribution in [-0.4, -0.2) is 67.1 Å². The third-order valence-electron chi connectivity index (χ3n) is 21.5. The lowest BCUT2D eigenvalue weighted by Gasteiger charge is -2.56. The minimum absolute atomic E-state index is 0.0326. The molecule has 4 fully saturated rings. The predicted molar refractivity (Wildman–Crippen MR) is 343 cm³/mol. The molecule has 11 heteroatoms. The molecule has 5 aliphatic carbocycles. The molecule has 11 atom stereocenters. The number of fused-ring (bicyclic) bond motifs is 5. The number of phenols is 1. The molecular formula is C75H97N5O6. The first-order valence-electron chi connectivity index (χ1n) is 33.4. The zero-order chi connectivity index (χ0) is 59.7. The Morgan fingerprint density at radius 2 is 1.65 bits per heavy atom. The van der Waals surface area contributed by atoms with Gasteiger partial charge >= 0.3 is 11.9 Å². The molecule has 86 heavy (non-hydrogen) atoms. The van der Waals surface area contributed by atoms with Gasteiger partial charge in [-0.25, -0.2) is 9.59 Å². The Hall–Kier alpha value is -5.66. The van der Waals surface area contributed by atoms with Crippen molar-refractivity contribution in [2.75, 3.05) is 32.7 Å². The fraction of sp³-hybridized carbons (Fsp3) is 0.547. The normalized spacial score (nSPS) is 29.2. The highest BCUT2D eigenvalue weighted by atomic mass is 16.6. The molecule has 11 nitrogen and oxygen atoms in total. The van der Waals surface area contributed by atoms with E-state index < -0.39 is 11.5 Å². The number of carbonyl (C=O) groups excluding carboxylic acids is 2. The highest BCUT2D eigenvalue weighted by Gasteiger charge is 2.69. The average molecular weight is 1160 g/mol. The highest BCUT2D eigenvalue weighted by molar-refractivity contribution is 6.07. The molecule has 2 saturated carbocycles. The van der Waals surface area contributed by atoms with E-state index in [0.717, 1.165) is 155 Å². The number of phenolic OH excluding ortho intramolecular Hbond substituents is 1. The summed E-state index contributed by atoms with van der Waals surface area (Å²) < 4.78 is 13.6. The van der Waals surface area contributed by atoms with Crippen molar-refractivity contribution in [2.45, 2.75) is 169 Å². The minimum atomic E-state index is -0.895. The minimum Gasteiger partial charge on any atom is -0.508 e. The molecule has 7 N–H and O–H groups in total. The van der Waals surface area contributed by atoms with Crippen molar-refractivity contribution in [3.63, 3.8) is 0 Å². The van der Waals surface area contributed by atoms with Crippen molar-refractivity contribution < 1.29 is 29.3 Å². The van der Waals surface area contributed by atoms with Crippen molar-refractivity contribution >= 4 is 17.5 Å². The van der Waals surface area contributed by atoms with E-state index in [1.807, 2.05) is 19.1 Å². The number of allylic oxidation sites excluding steroid dienone is 5. The van der Waals surface area contributed by atoms with E-state index in [0.29, 0.717) is 60.9 Å². The van der Waals surface area contributed by atoms with Crippen LogP contribution in [0.1, 0.15) is 164 Å². The number of carbonyl (C=O) groups is 2. The maximum Gasteiger partial charge on any atom is 0.340 e. The summed E-state index contributed by atoms with van der Waals surface area (Å²) in [7, 11) is 0. The van der Waals surface area contributed by atoms with E-state index in [9.17, 15) is 10.2 Å². The number of hydrogen-bond acceptors (Lipinski definition) is 11. The maximum atomic E-state index is 15.4. The summed E-state index contributed by atoms with van der Waals surface area (Å²) in [5, 5.41) is 41.9. The number of benzene rings is 4. The molecule has 11 unspecified atom stereocenters. The maximum absolute atomic E-state index is 15.4. The molecule has 4 aromatic rings. The Labute approximate surface area is 512 Å². The second-order valence-corrected chi connectivity index (χ2v) is 28.2. The summed E-state index contributed by atoms with van der Waals surface area (Å²) in [5.41, 5.74) is 11.6. The standard InChI is InChI=1S/C75H97N5O6/c1-7-49(33-50-14-9-8-10-15-50)38-65-75-29-23-60-61-20-21-62-64(85-72(83)68(62)69(61)75)24-28-74(57-26-32-79-66(39-57)78-30-12-13-46(2)3)27-22-55(41-74)71(80-43-48(6)81)56-35-51(34-53(37-56)45-77-42-47(4)5)25-31-76-44-52-16-11-17-54(36-52)59-19-18-58(82)40-63(59)67(60)70(75)73(84)86-65/h8-11,14-19,24,34-38,40,46-49,55,57,60-61,66,69,71,76-82H,7,12-13,20-23,25-33,39,41-45H2,1-6H3. The topological polar surface area (TPSA) is 153 Å². The van der Waals surface area contributed by atoms with E-state index in [1.165, 1.54) is 28.7 Å². The first-order chi connectivity index (χ1) is 41.7. The van der Waals surface area contributed by atoms with Crippen LogP contribution in [0.15, 0.2) is 131 Å². The molecular weight excluding hydrogens is 1070 g/mol. The number of cyclic esters (lactones) is 1. The van der Waals surface area contributed by atoms with Crippen LogP contribution in [0, 0.1) is 58.2 Å². The van der Waals surface area contributed by atoms with Gasteiger partial charge in [0.05, 0.1) is 23.3 Å². The smallest absolute Gasteiger partial charge is 0.340 e. The van der Waals surface area contributed by atoms with Gasteiger partial charge in [-0.15, -0.1) is 0 Å². The van der Waals surface area contributed by atoms with Gasteiger partial charge in [-0.1, -0.05) is 107 Å². The molecule has 5 aliphatic heterocycles. The predicted octanol–water partition coefficient (Wildman–Crippen LogP) is 13.3. The summed E-state index contributed by atoms with van der Waals surface area (Å²) in [6, 6.07) is 32.3. The van der Waals surface area contributed by atoms with Gasteiger partial charge in [0.1, 0.15) is 17.3 Å². The molecule has 0 radical (unpaired) electrons. The molecule has 2 saturated heterocycles. The lowest BCUT2D eigenvalue weighted by molar-refractivity contribution is -0.135. The van der Waals surface area contributed by atoms with Crippen LogP contribution < -0.4 is 26.6 Å². The van der Waals surface area contributed by atoms with Gasteiger partial charge in [-0.05, 0) is 257 Å². The number of ether oxygens (including phenoxy) is 2. The van der Waals surface area contributed by atoms with E-state index in [2.05, 4.69) is 146 Å². The van der Waals surface area contributed by atoms with Crippen molar-refractivity contribution in [1.29, 1.82) is 0 Å². The molecule has 14 bridgehead atoms.